The minimum Gasteiger partial charge on any atom is -0.223 e. The molecule has 0 aromatic carbocycles. The molecule has 50 valence electrons. The van der Waals surface area contributed by atoms with Crippen molar-refractivity contribution in [1.29, 1.82) is 0 Å². The third-order valence-electron chi connectivity index (χ3n) is 1.14. The number of aryl methyl sites for hydroxylation is 1. The molecule has 1 aromatic rings. The summed E-state index contributed by atoms with van der Waals surface area (Å²) < 4.78 is 0. The lowest BCUT2D eigenvalue weighted by molar-refractivity contribution is 1.06. The summed E-state index contributed by atoms with van der Waals surface area (Å²) in [5.41, 5.74) is 1.24. The first kappa shape index (κ1) is 7.48. The second kappa shape index (κ2) is 2.54. The monoisotopic (exact) mass is 152 g/mol. The molecule has 10 heavy (non-hydrogen) atoms. The van der Waals surface area contributed by atoms with Crippen LogP contribution in [0.5, 0.6) is 0 Å². The maximum absolute atomic E-state index is 5.46. The van der Waals surface area contributed by atoms with Gasteiger partial charge >= 0.3 is 0 Å². The molecule has 4 radical (unpaired) electrons. The van der Waals surface area contributed by atoms with Gasteiger partial charge in [0.15, 0.2) is 0 Å². The summed E-state index contributed by atoms with van der Waals surface area (Å²) in [6, 6.07) is 0. The molecule has 2 nitrogen and oxygen atoms in total. The van der Waals surface area contributed by atoms with Gasteiger partial charge in [-0.15, -0.1) is 0 Å². The lowest BCUT2D eigenvalue weighted by Gasteiger charge is -2.00. The number of nitrogens with zero attached hydrogens (tertiary/aromatic N) is 2. The van der Waals surface area contributed by atoms with E-state index in [-0.39, 0.29) is 11.0 Å². The van der Waals surface area contributed by atoms with E-state index >= 15 is 0 Å². The fourth-order valence-corrected chi connectivity index (χ4v) is 0.786. The Bertz CT molecular complexity index is 235. The van der Waals surface area contributed by atoms with Crippen molar-refractivity contribution < 1.29 is 0 Å². The minimum atomic E-state index is 0.129. The number of halogens is 1. The summed E-state index contributed by atoms with van der Waals surface area (Å²) in [6.07, 6.45) is 0. The zero-order valence-corrected chi connectivity index (χ0v) is 6.18. The maximum Gasteiger partial charge on any atom is 0.222 e. The highest BCUT2D eigenvalue weighted by molar-refractivity contribution is 6.28. The second-order valence-corrected chi connectivity index (χ2v) is 2.22. The Balaban J connectivity index is 3.31. The summed E-state index contributed by atoms with van der Waals surface area (Å²) in [4.78, 5) is 7.42. The van der Waals surface area contributed by atoms with Crippen LogP contribution in [0.3, 0.4) is 0 Å². The Morgan fingerprint density at radius 3 is 2.40 bits per heavy atom. The van der Waals surface area contributed by atoms with E-state index in [0.717, 1.165) is 0 Å². The molecule has 0 bridgehead atoms. The minimum absolute atomic E-state index is 0.129. The fraction of sp³-hybridized carbons (Fsp3) is 0.143. The van der Waals surface area contributed by atoms with Crippen molar-refractivity contribution in [3.63, 3.8) is 0 Å². The number of rotatable bonds is 0. The SMILES string of the molecule is [CH]c1nc(Cl)nc(C)c1[CH]. The van der Waals surface area contributed by atoms with E-state index in [1.165, 1.54) is 0 Å². The molecule has 0 saturated carbocycles. The van der Waals surface area contributed by atoms with Gasteiger partial charge in [-0.3, -0.25) is 0 Å². The molecule has 1 heterocycles. The van der Waals surface area contributed by atoms with Gasteiger partial charge in [0.1, 0.15) is 0 Å². The van der Waals surface area contributed by atoms with Crippen LogP contribution in [0.1, 0.15) is 17.0 Å². The summed E-state index contributed by atoms with van der Waals surface area (Å²) in [7, 11) is 0. The summed E-state index contributed by atoms with van der Waals surface area (Å²) in [6.45, 7) is 12.5. The number of hydrogen-bond donors (Lipinski definition) is 0. The molecule has 3 heteroatoms. The van der Waals surface area contributed by atoms with Gasteiger partial charge in [0.25, 0.3) is 0 Å². The Morgan fingerprint density at radius 2 is 1.90 bits per heavy atom. The van der Waals surface area contributed by atoms with Crippen LogP contribution in [-0.4, -0.2) is 9.97 Å². The molecule has 0 aliphatic rings. The largest absolute Gasteiger partial charge is 0.223 e. The van der Waals surface area contributed by atoms with Gasteiger partial charge in [-0.2, -0.15) is 0 Å². The van der Waals surface area contributed by atoms with E-state index in [1.807, 2.05) is 0 Å². The van der Waals surface area contributed by atoms with Gasteiger partial charge in [-0.05, 0) is 24.1 Å². The van der Waals surface area contributed by atoms with Crippen molar-refractivity contribution in [1.82, 2.24) is 9.97 Å². The Hall–Kier alpha value is -0.630. The molecule has 0 aliphatic carbocycles. The van der Waals surface area contributed by atoms with Crippen LogP contribution >= 0.6 is 11.6 Å². The molecule has 0 saturated heterocycles. The van der Waals surface area contributed by atoms with Gasteiger partial charge in [0.2, 0.25) is 5.28 Å². The lowest BCUT2D eigenvalue weighted by atomic mass is 10.2. The van der Waals surface area contributed by atoms with E-state index in [2.05, 4.69) is 9.97 Å². The van der Waals surface area contributed by atoms with E-state index in [1.54, 1.807) is 6.92 Å². The summed E-state index contributed by atoms with van der Waals surface area (Å²) >= 11 is 5.46. The lowest BCUT2D eigenvalue weighted by Crippen LogP contribution is -1.95. The Labute approximate surface area is 65.3 Å². The van der Waals surface area contributed by atoms with Crippen LogP contribution < -0.4 is 0 Å². The first-order valence-electron chi connectivity index (χ1n) is 2.66. The van der Waals surface area contributed by atoms with Crippen LogP contribution in [0.4, 0.5) is 0 Å². The Kier molecular flexibility index (Phi) is 1.90. The van der Waals surface area contributed by atoms with Crippen LogP contribution in [-0.2, 0) is 0 Å². The highest BCUT2D eigenvalue weighted by Gasteiger charge is 2.01. The van der Waals surface area contributed by atoms with Crippen molar-refractivity contribution in [3.05, 3.63) is 36.1 Å². The van der Waals surface area contributed by atoms with Crippen LogP contribution in [0.2, 0.25) is 5.28 Å². The summed E-state index contributed by atoms with van der Waals surface area (Å²) in [5.74, 6) is 0. The van der Waals surface area contributed by atoms with Gasteiger partial charge in [-0.1, -0.05) is 0 Å². The van der Waals surface area contributed by atoms with E-state index in [4.69, 9.17) is 25.4 Å². The van der Waals surface area contributed by atoms with Gasteiger partial charge in [-0.25, -0.2) is 9.97 Å². The third kappa shape index (κ3) is 1.27. The van der Waals surface area contributed by atoms with E-state index < -0.39 is 0 Å². The average molecular weight is 153 g/mol. The zero-order chi connectivity index (χ0) is 7.72. The average Bonchev–Trinajstić information content (AvgIpc) is 1.82. The molecule has 0 fully saturated rings. The quantitative estimate of drug-likeness (QED) is 0.528. The molecule has 0 aliphatic heterocycles. The van der Waals surface area contributed by atoms with Crippen molar-refractivity contribution in [2.75, 3.05) is 0 Å². The molecular weight excluding hydrogens is 148 g/mol. The highest BCUT2D eigenvalue weighted by Crippen LogP contribution is 2.10. The van der Waals surface area contributed by atoms with Crippen LogP contribution in [0.25, 0.3) is 0 Å². The normalized spacial score (nSPS) is 10.0. The summed E-state index contributed by atoms with van der Waals surface area (Å²) in [5, 5.41) is 0.129. The van der Waals surface area contributed by atoms with Crippen LogP contribution in [0.15, 0.2) is 0 Å². The molecule has 0 atom stereocenters. The number of hydrogen-bond acceptors (Lipinski definition) is 2. The second-order valence-electron chi connectivity index (χ2n) is 1.88. The standard InChI is InChI=1S/C7H5ClN2/c1-4-5(2)9-7(8)10-6(4)3/h1-2H,3H3. The molecule has 0 unspecified atom stereocenters. The third-order valence-corrected chi connectivity index (χ3v) is 1.31. The molecule has 1 rings (SSSR count). The van der Waals surface area contributed by atoms with Crippen molar-refractivity contribution >= 4 is 11.6 Å². The fourth-order valence-electron chi connectivity index (χ4n) is 0.569. The zero-order valence-electron chi connectivity index (χ0n) is 5.43. The van der Waals surface area contributed by atoms with E-state index in [9.17, 15) is 0 Å². The smallest absolute Gasteiger partial charge is 0.222 e. The van der Waals surface area contributed by atoms with E-state index in [0.29, 0.717) is 11.3 Å². The molecule has 0 amide bonds. The predicted octanol–water partition coefficient (Wildman–Crippen LogP) is 1.56. The first-order chi connectivity index (χ1) is 4.61. The maximum atomic E-state index is 5.46. The van der Waals surface area contributed by atoms with Gasteiger partial charge in [0.05, 0.1) is 5.69 Å². The predicted molar refractivity (Wildman–Crippen MR) is 38.6 cm³/mol. The molecular formula is C7H5ClN2. The topological polar surface area (TPSA) is 25.8 Å². The molecule has 1 aromatic heterocycles. The highest BCUT2D eigenvalue weighted by atomic mass is 35.5. The van der Waals surface area contributed by atoms with Crippen LogP contribution in [0, 0.1) is 20.8 Å². The molecule has 0 N–H and O–H groups in total. The van der Waals surface area contributed by atoms with Gasteiger partial charge in [0, 0.05) is 19.5 Å². The van der Waals surface area contributed by atoms with Crippen molar-refractivity contribution in [2.45, 2.75) is 6.92 Å². The van der Waals surface area contributed by atoms with Gasteiger partial charge < -0.3 is 0 Å². The Morgan fingerprint density at radius 1 is 1.30 bits per heavy atom. The first-order valence-corrected chi connectivity index (χ1v) is 3.04. The number of aromatic nitrogens is 2. The molecule has 0 spiro atoms. The van der Waals surface area contributed by atoms with Crippen molar-refractivity contribution in [3.8, 4) is 0 Å². The van der Waals surface area contributed by atoms with Crippen molar-refractivity contribution in [2.24, 2.45) is 0 Å².